The van der Waals surface area contributed by atoms with E-state index in [0.29, 0.717) is 60.2 Å². The van der Waals surface area contributed by atoms with Gasteiger partial charge >= 0.3 is 0 Å². The molecular formula is C25H26ClF2N7O4S. The number of halogens is 3. The van der Waals surface area contributed by atoms with Crippen LogP contribution in [0.2, 0.25) is 0 Å². The average Bonchev–Trinajstić information content (AvgIpc) is 3.24. The minimum Gasteiger partial charge on any atom is -0.364 e. The number of hydrogen-bond donors (Lipinski definition) is 2. The van der Waals surface area contributed by atoms with Crippen molar-refractivity contribution < 1.29 is 27.2 Å². The van der Waals surface area contributed by atoms with Crippen LogP contribution in [0.3, 0.4) is 0 Å². The number of piperazine rings is 1. The molecule has 0 radical (unpaired) electrons. The highest BCUT2D eigenvalue weighted by Crippen LogP contribution is 2.63. The summed E-state index contributed by atoms with van der Waals surface area (Å²) in [6.07, 6.45) is 1.08. The summed E-state index contributed by atoms with van der Waals surface area (Å²) in [5.41, 5.74) is 2.47. The SMILES string of the molecule is CN1c2cc(-c3nc(N4CCN(C(=O)c5ccon5)CC4)ccc3C#N)ccc2N(CC2CC2(F)F)S1(O)O.Cl. The first-order valence-corrected chi connectivity index (χ1v) is 13.7. The van der Waals surface area contributed by atoms with Crippen LogP contribution in [0.1, 0.15) is 22.5 Å². The summed E-state index contributed by atoms with van der Waals surface area (Å²) < 4.78 is 56.1. The van der Waals surface area contributed by atoms with Gasteiger partial charge in [-0.3, -0.25) is 22.5 Å². The third-order valence-corrected chi connectivity index (χ3v) is 9.28. The molecular weight excluding hydrogens is 568 g/mol. The van der Waals surface area contributed by atoms with Crippen LogP contribution < -0.4 is 13.5 Å². The van der Waals surface area contributed by atoms with Crippen LogP contribution in [0, 0.1) is 17.2 Å². The Morgan fingerprint density at radius 1 is 1.18 bits per heavy atom. The van der Waals surface area contributed by atoms with Crippen LogP contribution in [0.4, 0.5) is 26.0 Å². The van der Waals surface area contributed by atoms with Gasteiger partial charge in [-0.2, -0.15) is 5.26 Å². The summed E-state index contributed by atoms with van der Waals surface area (Å²) in [6, 6.07) is 12.2. The van der Waals surface area contributed by atoms with Crippen LogP contribution in [-0.4, -0.2) is 75.7 Å². The lowest BCUT2D eigenvalue weighted by Gasteiger charge is -2.42. The lowest BCUT2D eigenvalue weighted by molar-refractivity contribution is 0.0736. The molecule has 1 aromatic carbocycles. The Hall–Kier alpha value is -3.64. The molecule has 1 aliphatic carbocycles. The highest BCUT2D eigenvalue weighted by atomic mass is 35.5. The first-order valence-electron chi connectivity index (χ1n) is 12.3. The topological polar surface area (TPSA) is 133 Å². The molecule has 2 aromatic heterocycles. The number of pyridine rings is 1. The van der Waals surface area contributed by atoms with Crippen LogP contribution in [0.15, 0.2) is 47.2 Å². The lowest BCUT2D eigenvalue weighted by Crippen LogP contribution is -2.49. The molecule has 4 heterocycles. The zero-order chi connectivity index (χ0) is 27.5. The maximum atomic E-state index is 13.6. The van der Waals surface area contributed by atoms with Crippen molar-refractivity contribution in [1.29, 1.82) is 5.26 Å². The molecule has 0 spiro atoms. The molecule has 3 aromatic rings. The van der Waals surface area contributed by atoms with Crippen LogP contribution >= 0.6 is 23.4 Å². The van der Waals surface area contributed by atoms with E-state index in [2.05, 4.69) is 11.2 Å². The van der Waals surface area contributed by atoms with Crippen molar-refractivity contribution in [3.63, 3.8) is 0 Å². The zero-order valence-corrected chi connectivity index (χ0v) is 22.9. The number of carbonyl (C=O) groups excluding carboxylic acids is 1. The molecule has 3 aliphatic rings. The minimum absolute atomic E-state index is 0. The van der Waals surface area contributed by atoms with E-state index in [1.54, 1.807) is 35.2 Å². The fourth-order valence-electron chi connectivity index (χ4n) is 4.97. The first kappa shape index (κ1) is 27.9. The Kier molecular flexibility index (Phi) is 7.03. The summed E-state index contributed by atoms with van der Waals surface area (Å²) >= 11 is 0. The number of anilines is 3. The van der Waals surface area contributed by atoms with Crippen molar-refractivity contribution in [1.82, 2.24) is 15.0 Å². The molecule has 40 heavy (non-hydrogen) atoms. The molecule has 15 heteroatoms. The predicted octanol–water partition coefficient (Wildman–Crippen LogP) is 4.48. The van der Waals surface area contributed by atoms with E-state index in [9.17, 15) is 27.9 Å². The third kappa shape index (κ3) is 4.68. The van der Waals surface area contributed by atoms with E-state index in [-0.39, 0.29) is 37.0 Å². The molecule has 2 fully saturated rings. The third-order valence-electron chi connectivity index (χ3n) is 7.41. The van der Waals surface area contributed by atoms with Gasteiger partial charge < -0.3 is 14.3 Å². The van der Waals surface area contributed by atoms with E-state index in [4.69, 9.17) is 9.51 Å². The number of amides is 1. The van der Waals surface area contributed by atoms with Gasteiger partial charge in [0, 0.05) is 63.7 Å². The van der Waals surface area contributed by atoms with Crippen molar-refractivity contribution in [3.05, 3.63) is 53.9 Å². The highest BCUT2D eigenvalue weighted by Gasteiger charge is 2.59. The second kappa shape index (κ2) is 10.1. The largest absolute Gasteiger partial charge is 0.364 e. The second-order valence-electron chi connectivity index (χ2n) is 9.76. The molecule has 1 unspecified atom stereocenters. The Bertz CT molecular complexity index is 1480. The molecule has 1 amide bonds. The van der Waals surface area contributed by atoms with Gasteiger partial charge in [0.2, 0.25) is 0 Å². The van der Waals surface area contributed by atoms with Gasteiger partial charge in [0.15, 0.2) is 5.69 Å². The van der Waals surface area contributed by atoms with Crippen LogP contribution in [-0.2, 0) is 0 Å². The summed E-state index contributed by atoms with van der Waals surface area (Å²) in [5.74, 6) is -3.30. The molecule has 2 aliphatic heterocycles. The number of hydrogen-bond acceptors (Lipinski definition) is 10. The fraction of sp³-hybridized carbons (Fsp3) is 0.360. The Labute approximate surface area is 236 Å². The quantitative estimate of drug-likeness (QED) is 0.436. The smallest absolute Gasteiger partial charge is 0.276 e. The highest BCUT2D eigenvalue weighted by molar-refractivity contribution is 8.26. The van der Waals surface area contributed by atoms with E-state index in [0.717, 1.165) is 0 Å². The van der Waals surface area contributed by atoms with Crippen molar-refractivity contribution in [3.8, 4) is 17.3 Å². The second-order valence-corrected chi connectivity index (χ2v) is 11.7. The number of aromatic nitrogens is 2. The van der Waals surface area contributed by atoms with Gasteiger partial charge in [-0.05, 0) is 35.2 Å². The maximum absolute atomic E-state index is 13.6. The monoisotopic (exact) mass is 593 g/mol. The molecule has 2 N–H and O–H groups in total. The summed E-state index contributed by atoms with van der Waals surface area (Å²) in [4.78, 5) is 21.0. The average molecular weight is 594 g/mol. The summed E-state index contributed by atoms with van der Waals surface area (Å²) in [7, 11) is -2.00. The van der Waals surface area contributed by atoms with Crippen LogP contribution in [0.5, 0.6) is 0 Å². The van der Waals surface area contributed by atoms with Crippen molar-refractivity contribution in [2.24, 2.45) is 5.92 Å². The van der Waals surface area contributed by atoms with Gasteiger partial charge in [-0.1, -0.05) is 11.2 Å². The summed E-state index contributed by atoms with van der Waals surface area (Å²) in [5, 5.41) is 13.5. The molecule has 1 saturated heterocycles. The lowest BCUT2D eigenvalue weighted by atomic mass is 10.0. The van der Waals surface area contributed by atoms with E-state index >= 15 is 0 Å². The number of nitriles is 1. The van der Waals surface area contributed by atoms with Gasteiger partial charge in [-0.25, -0.2) is 13.8 Å². The first-order chi connectivity index (χ1) is 18.6. The number of carbonyl (C=O) groups is 1. The van der Waals surface area contributed by atoms with E-state index in [1.807, 2.05) is 4.90 Å². The fourth-order valence-corrected chi connectivity index (χ4v) is 6.47. The Morgan fingerprint density at radius 3 is 2.52 bits per heavy atom. The summed E-state index contributed by atoms with van der Waals surface area (Å²) in [6.45, 7) is 1.79. The Balaban J connectivity index is 0.00000323. The van der Waals surface area contributed by atoms with E-state index < -0.39 is 22.8 Å². The maximum Gasteiger partial charge on any atom is 0.276 e. The van der Waals surface area contributed by atoms with Gasteiger partial charge in [0.1, 0.15) is 18.2 Å². The van der Waals surface area contributed by atoms with Crippen molar-refractivity contribution >= 4 is 46.5 Å². The molecule has 212 valence electrons. The zero-order valence-electron chi connectivity index (χ0n) is 21.3. The standard InChI is InChI=1S/C25H25F2N7O4S.ClH/c1-31-21-12-16(2-4-20(21)34(39(31,36)37)15-18-13-25(18,26)27)23-17(14-28)3-5-22(29-23)32-7-9-33(10-8-32)24(35)19-6-11-38-30-19;/h2-6,11-12,18,36-37H,7-10,13,15H2,1H3;1H. The van der Waals surface area contributed by atoms with Crippen LogP contribution in [0.25, 0.3) is 11.3 Å². The van der Waals surface area contributed by atoms with Gasteiger partial charge in [0.05, 0.1) is 22.6 Å². The molecule has 1 atom stereocenters. The minimum atomic E-state index is -3.50. The predicted molar refractivity (Wildman–Crippen MR) is 148 cm³/mol. The normalized spacial score (nSPS) is 21.4. The number of benzene rings is 1. The van der Waals surface area contributed by atoms with Gasteiger partial charge in [0.25, 0.3) is 11.8 Å². The number of alkyl halides is 2. The van der Waals surface area contributed by atoms with Crippen molar-refractivity contribution in [2.75, 3.05) is 53.3 Å². The molecule has 0 bridgehead atoms. The molecule has 1 saturated carbocycles. The van der Waals surface area contributed by atoms with E-state index in [1.165, 1.54) is 28.0 Å². The number of fused-ring (bicyclic) bond motifs is 1. The number of rotatable bonds is 5. The molecule has 11 nitrogen and oxygen atoms in total. The molecule has 6 rings (SSSR count). The Morgan fingerprint density at radius 2 is 1.90 bits per heavy atom. The van der Waals surface area contributed by atoms with Crippen molar-refractivity contribution in [2.45, 2.75) is 12.3 Å². The van der Waals surface area contributed by atoms with Gasteiger partial charge in [-0.15, -0.1) is 12.4 Å². The number of nitrogens with zero attached hydrogens (tertiary/aromatic N) is 7.